The number of benzene rings is 2. The molecular formula is C29H41FO4. The van der Waals surface area contributed by atoms with Gasteiger partial charge in [-0.05, 0) is 53.3 Å². The summed E-state index contributed by atoms with van der Waals surface area (Å²) in [6.45, 7) is 7.23. The molecule has 0 bridgehead atoms. The van der Waals surface area contributed by atoms with Gasteiger partial charge in [0, 0.05) is 19.6 Å². The lowest BCUT2D eigenvalue weighted by Crippen LogP contribution is -2.05. The molecule has 0 atom stereocenters. The van der Waals surface area contributed by atoms with E-state index >= 15 is 0 Å². The third-order valence-corrected chi connectivity index (χ3v) is 5.82. The van der Waals surface area contributed by atoms with E-state index in [1.165, 1.54) is 32.1 Å². The van der Waals surface area contributed by atoms with Gasteiger partial charge in [0.25, 0.3) is 0 Å². The molecule has 0 heterocycles. The van der Waals surface area contributed by atoms with Crippen LogP contribution in [0.25, 0.3) is 11.1 Å². The third-order valence-electron chi connectivity index (χ3n) is 5.82. The molecule has 4 nitrogen and oxygen atoms in total. The van der Waals surface area contributed by atoms with Crippen molar-refractivity contribution in [1.82, 2.24) is 0 Å². The average molecular weight is 473 g/mol. The van der Waals surface area contributed by atoms with E-state index in [4.69, 9.17) is 19.3 Å². The molecule has 0 saturated heterocycles. The zero-order valence-electron chi connectivity index (χ0n) is 20.9. The number of halogens is 1. The number of ether oxygens (including phenoxy) is 3. The zero-order valence-corrected chi connectivity index (χ0v) is 20.9. The van der Waals surface area contributed by atoms with E-state index in [9.17, 15) is 4.39 Å². The summed E-state index contributed by atoms with van der Waals surface area (Å²) in [4.78, 5) is 0. The van der Waals surface area contributed by atoms with Crippen molar-refractivity contribution >= 4 is 0 Å². The number of hydrogen-bond acceptors (Lipinski definition) is 4. The van der Waals surface area contributed by atoms with E-state index in [1.807, 2.05) is 30.3 Å². The fraction of sp³-hybridized carbons (Fsp3) is 0.517. The molecule has 0 saturated carbocycles. The molecule has 1 N–H and O–H groups in total. The Labute approximate surface area is 204 Å². The van der Waals surface area contributed by atoms with Gasteiger partial charge in [-0.25, -0.2) is 4.39 Å². The van der Waals surface area contributed by atoms with Gasteiger partial charge >= 0.3 is 0 Å². The molecule has 0 fully saturated rings. The Morgan fingerprint density at radius 1 is 0.853 bits per heavy atom. The third kappa shape index (κ3) is 10.3. The summed E-state index contributed by atoms with van der Waals surface area (Å²) < 4.78 is 31.6. The molecule has 0 spiro atoms. The summed E-state index contributed by atoms with van der Waals surface area (Å²) in [5.74, 6) is 1.09. The lowest BCUT2D eigenvalue weighted by molar-refractivity contribution is 0.146. The number of rotatable bonds is 18. The van der Waals surface area contributed by atoms with E-state index < -0.39 is 0 Å². The van der Waals surface area contributed by atoms with Gasteiger partial charge < -0.3 is 19.3 Å². The van der Waals surface area contributed by atoms with Gasteiger partial charge in [-0.3, -0.25) is 0 Å². The maximum absolute atomic E-state index is 14.9. The van der Waals surface area contributed by atoms with E-state index in [-0.39, 0.29) is 12.4 Å². The summed E-state index contributed by atoms with van der Waals surface area (Å²) in [7, 11) is 1.62. The lowest BCUT2D eigenvalue weighted by Gasteiger charge is -2.13. The van der Waals surface area contributed by atoms with Gasteiger partial charge in [0.2, 0.25) is 0 Å². The van der Waals surface area contributed by atoms with Crippen molar-refractivity contribution in [2.24, 2.45) is 0 Å². The highest BCUT2D eigenvalue weighted by molar-refractivity contribution is 5.67. The van der Waals surface area contributed by atoms with Gasteiger partial charge in [0.1, 0.15) is 23.9 Å². The predicted molar refractivity (Wildman–Crippen MR) is 137 cm³/mol. The average Bonchev–Trinajstić information content (AvgIpc) is 2.84. The van der Waals surface area contributed by atoms with Gasteiger partial charge in [-0.1, -0.05) is 64.2 Å². The van der Waals surface area contributed by atoms with E-state index in [2.05, 4.69) is 13.5 Å². The number of aliphatic hydroxyl groups is 1. The fourth-order valence-electron chi connectivity index (χ4n) is 3.74. The quantitative estimate of drug-likeness (QED) is 0.185. The predicted octanol–water partition coefficient (Wildman–Crippen LogP) is 7.13. The van der Waals surface area contributed by atoms with Crippen molar-refractivity contribution in [3.05, 3.63) is 59.9 Å². The molecule has 0 unspecified atom stereocenters. The highest BCUT2D eigenvalue weighted by Gasteiger charge is 2.10. The molecule has 0 aromatic heterocycles. The highest BCUT2D eigenvalue weighted by Crippen LogP contribution is 2.31. The number of hydrogen-bond donors (Lipinski definition) is 1. The van der Waals surface area contributed by atoms with Crippen molar-refractivity contribution in [2.75, 3.05) is 33.5 Å². The first kappa shape index (κ1) is 27.9. The van der Waals surface area contributed by atoms with Gasteiger partial charge in [-0.2, -0.15) is 0 Å². The molecule has 0 radical (unpaired) electrons. The first-order valence-electron chi connectivity index (χ1n) is 12.5. The van der Waals surface area contributed by atoms with Crippen molar-refractivity contribution < 1.29 is 23.7 Å². The minimum atomic E-state index is -0.170. The number of aryl methyl sites for hydroxylation is 1. The van der Waals surface area contributed by atoms with Crippen LogP contribution in [-0.4, -0.2) is 38.6 Å². The molecule has 2 aromatic rings. The van der Waals surface area contributed by atoms with Crippen LogP contribution >= 0.6 is 0 Å². The Hall–Kier alpha value is -2.37. The maximum Gasteiger partial charge on any atom is 0.127 e. The first-order valence-corrected chi connectivity index (χ1v) is 12.5. The van der Waals surface area contributed by atoms with Crippen LogP contribution in [0.3, 0.4) is 0 Å². The molecule has 188 valence electrons. The topological polar surface area (TPSA) is 47.9 Å². The molecule has 2 rings (SSSR count). The first-order chi connectivity index (χ1) is 16.6. The Bertz CT molecular complexity index is 865. The van der Waals surface area contributed by atoms with Gasteiger partial charge in [0.05, 0.1) is 19.8 Å². The van der Waals surface area contributed by atoms with Crippen molar-refractivity contribution in [1.29, 1.82) is 0 Å². The van der Waals surface area contributed by atoms with Crippen molar-refractivity contribution in [3.63, 3.8) is 0 Å². The largest absolute Gasteiger partial charge is 0.493 e. The highest BCUT2D eigenvalue weighted by atomic mass is 19.1. The van der Waals surface area contributed by atoms with Crippen LogP contribution in [0.2, 0.25) is 0 Å². The molecule has 0 aliphatic rings. The normalized spacial score (nSPS) is 10.9. The summed E-state index contributed by atoms with van der Waals surface area (Å²) in [6, 6.07) is 11.0. The van der Waals surface area contributed by atoms with Crippen LogP contribution in [0, 0.1) is 5.82 Å². The molecule has 34 heavy (non-hydrogen) atoms. The molecule has 2 aromatic carbocycles. The Morgan fingerprint density at radius 2 is 1.53 bits per heavy atom. The van der Waals surface area contributed by atoms with Crippen molar-refractivity contribution in [3.8, 4) is 22.6 Å². The molecule has 0 amide bonds. The van der Waals surface area contributed by atoms with Gasteiger partial charge in [0.15, 0.2) is 0 Å². The van der Waals surface area contributed by atoms with E-state index in [0.29, 0.717) is 43.3 Å². The second kappa shape index (κ2) is 16.3. The Kier molecular flexibility index (Phi) is 13.4. The molecule has 0 aliphatic carbocycles. The van der Waals surface area contributed by atoms with Crippen LogP contribution in [-0.2, 0) is 11.2 Å². The lowest BCUT2D eigenvalue weighted by atomic mass is 9.99. The smallest absolute Gasteiger partial charge is 0.127 e. The van der Waals surface area contributed by atoms with Gasteiger partial charge in [-0.15, -0.1) is 0 Å². The number of unbranched alkanes of at least 4 members (excludes halogenated alkanes) is 6. The summed E-state index contributed by atoms with van der Waals surface area (Å²) in [5, 5.41) is 9.13. The Morgan fingerprint density at radius 3 is 2.18 bits per heavy atom. The van der Waals surface area contributed by atoms with Crippen LogP contribution in [0.5, 0.6) is 11.5 Å². The van der Waals surface area contributed by atoms with E-state index in [1.54, 1.807) is 13.2 Å². The zero-order chi connectivity index (χ0) is 24.6. The monoisotopic (exact) mass is 472 g/mol. The maximum atomic E-state index is 14.9. The molecule has 0 aliphatic heterocycles. The standard InChI is InChI=1S/C29H41FO4/c1-4-5-6-7-8-9-10-11-24-12-13-25(20-29(24)30)26-18-27(33-15-14-23(2)22-31)21-28(19-26)34-17-16-32-3/h12-13,18-21,31H,2,4-11,14-17,22H2,1,3H3. The van der Waals surface area contributed by atoms with Crippen LogP contribution < -0.4 is 9.47 Å². The number of aliphatic hydroxyl groups excluding tert-OH is 1. The van der Waals surface area contributed by atoms with Crippen LogP contribution in [0.15, 0.2) is 48.6 Å². The summed E-state index contributed by atoms with van der Waals surface area (Å²) in [5.41, 5.74) is 3.09. The van der Waals surface area contributed by atoms with Crippen molar-refractivity contribution in [2.45, 2.75) is 64.7 Å². The van der Waals surface area contributed by atoms with E-state index in [0.717, 1.165) is 36.0 Å². The number of methoxy groups -OCH3 is 1. The molecular weight excluding hydrogens is 431 g/mol. The molecule has 5 heteroatoms. The van der Waals surface area contributed by atoms with Crippen LogP contribution in [0.1, 0.15) is 63.9 Å². The fourth-order valence-corrected chi connectivity index (χ4v) is 3.74. The minimum Gasteiger partial charge on any atom is -0.493 e. The SMILES string of the molecule is C=C(CO)CCOc1cc(OCCOC)cc(-c2ccc(CCCCCCCCC)c(F)c2)c1. The Balaban J connectivity index is 2.05. The summed E-state index contributed by atoms with van der Waals surface area (Å²) >= 11 is 0. The second-order valence-electron chi connectivity index (χ2n) is 8.72. The summed E-state index contributed by atoms with van der Waals surface area (Å²) in [6.07, 6.45) is 9.85. The van der Waals surface area contributed by atoms with Crippen LogP contribution in [0.4, 0.5) is 4.39 Å². The minimum absolute atomic E-state index is 0.0563. The second-order valence-corrected chi connectivity index (χ2v) is 8.72.